The summed E-state index contributed by atoms with van der Waals surface area (Å²) in [7, 11) is 3.18. The summed E-state index contributed by atoms with van der Waals surface area (Å²) in [5, 5.41) is 4.11. The lowest BCUT2D eigenvalue weighted by Crippen LogP contribution is -2.36. The number of methoxy groups -OCH3 is 2. The number of rotatable bonds is 6. The Bertz CT molecular complexity index is 1050. The summed E-state index contributed by atoms with van der Waals surface area (Å²) in [6, 6.07) is 15.3. The van der Waals surface area contributed by atoms with Gasteiger partial charge in [-0.2, -0.15) is 4.98 Å². The first kappa shape index (κ1) is 20.7. The van der Waals surface area contributed by atoms with Crippen molar-refractivity contribution in [1.82, 2.24) is 15.0 Å². The Morgan fingerprint density at radius 3 is 2.52 bits per heavy atom. The van der Waals surface area contributed by atoms with E-state index in [2.05, 4.69) is 10.1 Å². The molecule has 1 aliphatic rings. The number of likely N-dealkylation sites (tertiary alicyclic amines) is 1. The van der Waals surface area contributed by atoms with Crippen LogP contribution in [0.15, 0.2) is 59.1 Å². The van der Waals surface area contributed by atoms with Crippen LogP contribution in [0.3, 0.4) is 0 Å². The number of nitrogens with zero attached hydrogens (tertiary/aromatic N) is 3. The van der Waals surface area contributed by atoms with Gasteiger partial charge < -0.3 is 18.9 Å². The summed E-state index contributed by atoms with van der Waals surface area (Å²) in [6.45, 7) is 1.31. The number of benzene rings is 2. The van der Waals surface area contributed by atoms with Crippen molar-refractivity contribution in [3.63, 3.8) is 0 Å². The lowest BCUT2D eigenvalue weighted by Gasteiger charge is -2.29. The Morgan fingerprint density at radius 1 is 1.06 bits per heavy atom. The third-order valence-electron chi connectivity index (χ3n) is 5.46. The molecule has 0 atom stereocenters. The fourth-order valence-corrected chi connectivity index (χ4v) is 3.68. The van der Waals surface area contributed by atoms with E-state index in [4.69, 9.17) is 14.0 Å². The summed E-state index contributed by atoms with van der Waals surface area (Å²) in [6.07, 6.45) is 4.99. The van der Waals surface area contributed by atoms with Crippen molar-refractivity contribution in [1.29, 1.82) is 0 Å². The van der Waals surface area contributed by atoms with Gasteiger partial charge in [0, 0.05) is 30.6 Å². The maximum absolute atomic E-state index is 12.6. The molecule has 0 bridgehead atoms. The van der Waals surface area contributed by atoms with E-state index in [0.717, 1.165) is 24.0 Å². The molecule has 160 valence electrons. The van der Waals surface area contributed by atoms with Crippen LogP contribution in [0.2, 0.25) is 0 Å². The van der Waals surface area contributed by atoms with Crippen LogP contribution in [0, 0.1) is 0 Å². The Morgan fingerprint density at radius 2 is 1.81 bits per heavy atom. The van der Waals surface area contributed by atoms with Crippen molar-refractivity contribution in [3.05, 3.63) is 66.1 Å². The van der Waals surface area contributed by atoms with E-state index in [0.29, 0.717) is 36.3 Å². The first-order valence-corrected chi connectivity index (χ1v) is 10.3. The third-order valence-corrected chi connectivity index (χ3v) is 5.46. The van der Waals surface area contributed by atoms with Crippen molar-refractivity contribution in [2.75, 3.05) is 27.3 Å². The molecule has 1 aromatic heterocycles. The number of carbonyl (C=O) groups is 1. The summed E-state index contributed by atoms with van der Waals surface area (Å²) < 4.78 is 16.1. The molecule has 0 aliphatic carbocycles. The van der Waals surface area contributed by atoms with Crippen LogP contribution < -0.4 is 9.47 Å². The maximum Gasteiger partial charge on any atom is 0.246 e. The zero-order valence-electron chi connectivity index (χ0n) is 17.7. The molecule has 31 heavy (non-hydrogen) atoms. The van der Waals surface area contributed by atoms with Gasteiger partial charge in [0.2, 0.25) is 17.6 Å². The Kier molecular flexibility index (Phi) is 6.31. The highest BCUT2D eigenvalue weighted by Gasteiger charge is 2.27. The molecule has 1 saturated heterocycles. The number of amides is 1. The topological polar surface area (TPSA) is 77.7 Å². The SMILES string of the molecule is COc1ccc(/C=C/C(=O)N2CCC(c3nc(-c4ccccc4)no3)CC2)cc1OC. The molecule has 1 aliphatic heterocycles. The highest BCUT2D eigenvalue weighted by atomic mass is 16.5. The summed E-state index contributed by atoms with van der Waals surface area (Å²) in [4.78, 5) is 19.0. The molecule has 0 saturated carbocycles. The first-order chi connectivity index (χ1) is 15.2. The van der Waals surface area contributed by atoms with E-state index >= 15 is 0 Å². The third kappa shape index (κ3) is 4.77. The molecule has 7 heteroatoms. The Labute approximate surface area is 181 Å². The largest absolute Gasteiger partial charge is 0.493 e. The van der Waals surface area contributed by atoms with Gasteiger partial charge in [-0.1, -0.05) is 41.6 Å². The van der Waals surface area contributed by atoms with E-state index in [1.807, 2.05) is 53.4 Å². The summed E-state index contributed by atoms with van der Waals surface area (Å²) in [5.74, 6) is 2.70. The van der Waals surface area contributed by atoms with Gasteiger partial charge in [0.05, 0.1) is 14.2 Å². The minimum Gasteiger partial charge on any atom is -0.493 e. The van der Waals surface area contributed by atoms with Gasteiger partial charge in [-0.25, -0.2) is 0 Å². The van der Waals surface area contributed by atoms with E-state index in [1.165, 1.54) is 0 Å². The Hall–Kier alpha value is -3.61. The zero-order chi connectivity index (χ0) is 21.6. The second-order valence-electron chi connectivity index (χ2n) is 7.37. The summed E-state index contributed by atoms with van der Waals surface area (Å²) >= 11 is 0. The molecule has 0 unspecified atom stereocenters. The predicted octanol–water partition coefficient (Wildman–Crippen LogP) is 4.17. The predicted molar refractivity (Wildman–Crippen MR) is 117 cm³/mol. The van der Waals surface area contributed by atoms with E-state index < -0.39 is 0 Å². The van der Waals surface area contributed by atoms with Crippen LogP contribution in [0.1, 0.15) is 30.2 Å². The number of aromatic nitrogens is 2. The van der Waals surface area contributed by atoms with Crippen molar-refractivity contribution in [3.8, 4) is 22.9 Å². The standard InChI is InChI=1S/C24H25N3O4/c1-29-20-10-8-17(16-21(20)30-2)9-11-22(28)27-14-12-19(13-15-27)24-25-23(26-31-24)18-6-4-3-5-7-18/h3-11,16,19H,12-15H2,1-2H3/b11-9+. The van der Waals surface area contributed by atoms with Crippen molar-refractivity contribution in [2.24, 2.45) is 0 Å². The second-order valence-corrected chi connectivity index (χ2v) is 7.37. The molecule has 1 amide bonds. The van der Waals surface area contributed by atoms with Crippen LogP contribution in [0.4, 0.5) is 0 Å². The first-order valence-electron chi connectivity index (χ1n) is 10.3. The van der Waals surface area contributed by atoms with Gasteiger partial charge in [-0.3, -0.25) is 4.79 Å². The van der Waals surface area contributed by atoms with Crippen molar-refractivity contribution in [2.45, 2.75) is 18.8 Å². The lowest BCUT2D eigenvalue weighted by molar-refractivity contribution is -0.127. The quantitative estimate of drug-likeness (QED) is 0.558. The highest BCUT2D eigenvalue weighted by Crippen LogP contribution is 2.30. The van der Waals surface area contributed by atoms with Crippen LogP contribution in [0.5, 0.6) is 11.5 Å². The molecule has 0 N–H and O–H groups in total. The smallest absolute Gasteiger partial charge is 0.246 e. The van der Waals surface area contributed by atoms with Gasteiger partial charge in [-0.15, -0.1) is 0 Å². The molecule has 0 radical (unpaired) electrons. The van der Waals surface area contributed by atoms with Crippen molar-refractivity contribution < 1.29 is 18.8 Å². The molecule has 2 heterocycles. The van der Waals surface area contributed by atoms with Crippen molar-refractivity contribution >= 4 is 12.0 Å². The molecule has 1 fully saturated rings. The molecule has 0 spiro atoms. The Balaban J connectivity index is 1.34. The second kappa shape index (κ2) is 9.47. The summed E-state index contributed by atoms with van der Waals surface area (Å²) in [5.41, 5.74) is 1.81. The number of ether oxygens (including phenoxy) is 2. The minimum absolute atomic E-state index is 0.0104. The molecule has 2 aromatic carbocycles. The number of carbonyl (C=O) groups excluding carboxylic acids is 1. The van der Waals surface area contributed by atoms with Crippen LogP contribution >= 0.6 is 0 Å². The average Bonchev–Trinajstić information content (AvgIpc) is 3.33. The normalized spacial score (nSPS) is 14.7. The zero-order valence-corrected chi connectivity index (χ0v) is 17.7. The van der Waals surface area contributed by atoms with Gasteiger partial charge in [0.1, 0.15) is 0 Å². The molecule has 7 nitrogen and oxygen atoms in total. The van der Waals surface area contributed by atoms with E-state index in [9.17, 15) is 4.79 Å². The number of piperidine rings is 1. The monoisotopic (exact) mass is 419 g/mol. The van der Waals surface area contributed by atoms with Gasteiger partial charge >= 0.3 is 0 Å². The van der Waals surface area contributed by atoms with E-state index in [-0.39, 0.29) is 11.8 Å². The average molecular weight is 419 g/mol. The fourth-order valence-electron chi connectivity index (χ4n) is 3.68. The molecule has 3 aromatic rings. The van der Waals surface area contributed by atoms with Gasteiger partial charge in [0.15, 0.2) is 11.5 Å². The number of hydrogen-bond donors (Lipinski definition) is 0. The van der Waals surface area contributed by atoms with Crippen LogP contribution in [-0.2, 0) is 4.79 Å². The lowest BCUT2D eigenvalue weighted by atomic mass is 9.96. The molecular formula is C24H25N3O4. The van der Waals surface area contributed by atoms with E-state index in [1.54, 1.807) is 26.4 Å². The maximum atomic E-state index is 12.6. The molecular weight excluding hydrogens is 394 g/mol. The number of hydrogen-bond acceptors (Lipinski definition) is 6. The molecule has 4 rings (SSSR count). The highest BCUT2D eigenvalue weighted by molar-refractivity contribution is 5.92. The van der Waals surface area contributed by atoms with Crippen LogP contribution in [0.25, 0.3) is 17.5 Å². The minimum atomic E-state index is -0.0104. The van der Waals surface area contributed by atoms with Gasteiger partial charge in [0.25, 0.3) is 0 Å². The fraction of sp³-hybridized carbons (Fsp3) is 0.292. The van der Waals surface area contributed by atoms with Crippen LogP contribution in [-0.4, -0.2) is 48.3 Å². The van der Waals surface area contributed by atoms with Gasteiger partial charge in [-0.05, 0) is 36.6 Å².